The molecule has 0 saturated heterocycles. The molecule has 1 aromatic heterocycles. The first kappa shape index (κ1) is 16.8. The van der Waals surface area contributed by atoms with Gasteiger partial charge in [0.25, 0.3) is 0 Å². The summed E-state index contributed by atoms with van der Waals surface area (Å²) in [6.07, 6.45) is 1.42. The standard InChI is InChI=1S/C13H19BF2NO3/c1-8-7-17-10(19-11(15)16)6-9(8)14-20-13(4,5)12(2,3)18/h6-7,11,18H,1-5H3. The summed E-state index contributed by atoms with van der Waals surface area (Å²) in [7, 11) is 1.41. The Morgan fingerprint density at radius 1 is 1.30 bits per heavy atom. The lowest BCUT2D eigenvalue weighted by molar-refractivity contribution is -0.0893. The quantitative estimate of drug-likeness (QED) is 0.810. The Kier molecular flexibility index (Phi) is 5.10. The molecule has 20 heavy (non-hydrogen) atoms. The molecular weight excluding hydrogens is 267 g/mol. The van der Waals surface area contributed by atoms with Gasteiger partial charge in [-0.15, -0.1) is 0 Å². The van der Waals surface area contributed by atoms with Crippen LogP contribution in [0.3, 0.4) is 0 Å². The van der Waals surface area contributed by atoms with Gasteiger partial charge in [-0.3, -0.25) is 0 Å². The lowest BCUT2D eigenvalue weighted by Gasteiger charge is -2.37. The fraction of sp³-hybridized carbons (Fsp3) is 0.615. The first-order valence-electron chi connectivity index (χ1n) is 6.18. The fourth-order valence-corrected chi connectivity index (χ4v) is 1.16. The normalized spacial score (nSPS) is 12.7. The number of halogens is 2. The highest BCUT2D eigenvalue weighted by atomic mass is 19.3. The van der Waals surface area contributed by atoms with E-state index in [4.69, 9.17) is 4.65 Å². The van der Waals surface area contributed by atoms with Crippen molar-refractivity contribution in [3.8, 4) is 5.88 Å². The van der Waals surface area contributed by atoms with Gasteiger partial charge in [0.1, 0.15) is 0 Å². The van der Waals surface area contributed by atoms with Gasteiger partial charge >= 0.3 is 14.1 Å². The van der Waals surface area contributed by atoms with Crippen molar-refractivity contribution in [3.05, 3.63) is 17.8 Å². The van der Waals surface area contributed by atoms with Crippen molar-refractivity contribution < 1.29 is 23.3 Å². The van der Waals surface area contributed by atoms with E-state index in [0.29, 0.717) is 5.46 Å². The number of nitrogens with zero attached hydrogens (tertiary/aromatic N) is 1. The summed E-state index contributed by atoms with van der Waals surface area (Å²) >= 11 is 0. The molecule has 1 radical (unpaired) electrons. The number of hydrogen-bond donors (Lipinski definition) is 1. The van der Waals surface area contributed by atoms with Gasteiger partial charge in [0, 0.05) is 6.20 Å². The molecule has 0 bridgehead atoms. The molecule has 4 nitrogen and oxygen atoms in total. The van der Waals surface area contributed by atoms with Crippen LogP contribution in [-0.2, 0) is 4.65 Å². The number of alkyl halides is 2. The Hall–Kier alpha value is -1.21. The third kappa shape index (κ3) is 4.42. The molecule has 0 saturated carbocycles. The van der Waals surface area contributed by atoms with E-state index in [1.165, 1.54) is 19.7 Å². The molecule has 1 heterocycles. The second kappa shape index (κ2) is 6.05. The number of aryl methyl sites for hydroxylation is 1. The second-order valence-corrected chi connectivity index (χ2v) is 5.56. The SMILES string of the molecule is Cc1cnc(OC(F)F)cc1[B]OC(C)(C)C(C)(C)O. The van der Waals surface area contributed by atoms with Crippen LogP contribution in [0.5, 0.6) is 5.88 Å². The summed E-state index contributed by atoms with van der Waals surface area (Å²) in [6.45, 7) is 5.57. The maximum absolute atomic E-state index is 12.1. The zero-order valence-corrected chi connectivity index (χ0v) is 12.3. The maximum Gasteiger partial charge on any atom is 0.388 e. The van der Waals surface area contributed by atoms with Crippen LogP contribution in [0.2, 0.25) is 0 Å². The fourth-order valence-electron chi connectivity index (χ4n) is 1.16. The highest BCUT2D eigenvalue weighted by Crippen LogP contribution is 2.24. The predicted octanol–water partition coefficient (Wildman–Crippen LogP) is 1.80. The zero-order valence-electron chi connectivity index (χ0n) is 12.3. The Balaban J connectivity index is 2.82. The van der Waals surface area contributed by atoms with Crippen LogP contribution < -0.4 is 10.2 Å². The van der Waals surface area contributed by atoms with Crippen molar-refractivity contribution in [1.29, 1.82) is 0 Å². The van der Waals surface area contributed by atoms with Crippen LogP contribution in [0.4, 0.5) is 8.78 Å². The van der Waals surface area contributed by atoms with Crippen LogP contribution >= 0.6 is 0 Å². The topological polar surface area (TPSA) is 51.6 Å². The summed E-state index contributed by atoms with van der Waals surface area (Å²) < 4.78 is 34.1. The number of ether oxygens (including phenoxy) is 1. The van der Waals surface area contributed by atoms with Crippen molar-refractivity contribution >= 4 is 12.9 Å². The molecule has 0 aromatic carbocycles. The van der Waals surface area contributed by atoms with E-state index < -0.39 is 17.8 Å². The zero-order chi connectivity index (χ0) is 15.6. The first-order chi connectivity index (χ1) is 9.03. The van der Waals surface area contributed by atoms with Crippen LogP contribution in [0.15, 0.2) is 12.3 Å². The minimum atomic E-state index is -2.92. The third-order valence-corrected chi connectivity index (χ3v) is 3.28. The lowest BCUT2D eigenvalue weighted by atomic mass is 9.81. The Morgan fingerprint density at radius 2 is 1.90 bits per heavy atom. The third-order valence-electron chi connectivity index (χ3n) is 3.28. The molecule has 7 heteroatoms. The van der Waals surface area contributed by atoms with Crippen LogP contribution in [0.25, 0.3) is 0 Å². The smallest absolute Gasteiger partial charge is 0.388 e. The summed E-state index contributed by atoms with van der Waals surface area (Å²) in [4.78, 5) is 3.75. The van der Waals surface area contributed by atoms with Crippen molar-refractivity contribution in [3.63, 3.8) is 0 Å². The van der Waals surface area contributed by atoms with Gasteiger partial charge in [0.05, 0.1) is 11.2 Å². The van der Waals surface area contributed by atoms with Crippen molar-refractivity contribution in [2.24, 2.45) is 0 Å². The van der Waals surface area contributed by atoms with Gasteiger partial charge in [0.2, 0.25) is 5.88 Å². The van der Waals surface area contributed by atoms with E-state index in [-0.39, 0.29) is 5.88 Å². The molecule has 1 rings (SSSR count). The van der Waals surface area contributed by atoms with Gasteiger partial charge in [0.15, 0.2) is 0 Å². The lowest BCUT2D eigenvalue weighted by Crippen LogP contribution is -2.49. The molecule has 0 atom stereocenters. The number of pyridine rings is 1. The molecule has 0 aliphatic heterocycles. The molecule has 0 aliphatic carbocycles. The minimum absolute atomic E-state index is 0.179. The van der Waals surface area contributed by atoms with Crippen LogP contribution in [0, 0.1) is 6.92 Å². The average Bonchev–Trinajstić information content (AvgIpc) is 2.27. The summed E-state index contributed by atoms with van der Waals surface area (Å²) in [5, 5.41) is 9.99. The van der Waals surface area contributed by atoms with Gasteiger partial charge in [-0.2, -0.15) is 8.78 Å². The van der Waals surface area contributed by atoms with Crippen molar-refractivity contribution in [2.75, 3.05) is 0 Å². The maximum atomic E-state index is 12.1. The van der Waals surface area contributed by atoms with Crippen molar-refractivity contribution in [2.45, 2.75) is 52.4 Å². The number of hydrogen-bond acceptors (Lipinski definition) is 4. The number of rotatable bonds is 6. The molecule has 1 N–H and O–H groups in total. The summed E-state index contributed by atoms with van der Waals surface area (Å²) in [5.74, 6) is -0.179. The van der Waals surface area contributed by atoms with E-state index in [2.05, 4.69) is 9.72 Å². The number of aromatic nitrogens is 1. The van der Waals surface area contributed by atoms with Gasteiger partial charge < -0.3 is 14.5 Å². The highest BCUT2D eigenvalue weighted by Gasteiger charge is 2.35. The van der Waals surface area contributed by atoms with Crippen LogP contribution in [0.1, 0.15) is 33.3 Å². The monoisotopic (exact) mass is 286 g/mol. The average molecular weight is 286 g/mol. The largest absolute Gasteiger partial charge is 0.427 e. The van der Waals surface area contributed by atoms with E-state index in [1.807, 2.05) is 0 Å². The molecule has 0 amide bonds. The van der Waals surface area contributed by atoms with E-state index in [1.54, 1.807) is 34.6 Å². The van der Waals surface area contributed by atoms with E-state index in [9.17, 15) is 13.9 Å². The first-order valence-corrected chi connectivity index (χ1v) is 6.18. The second-order valence-electron chi connectivity index (χ2n) is 5.56. The Bertz CT molecular complexity index is 461. The Morgan fingerprint density at radius 3 is 2.40 bits per heavy atom. The van der Waals surface area contributed by atoms with Gasteiger partial charge in [-0.25, -0.2) is 4.98 Å². The van der Waals surface area contributed by atoms with Gasteiger partial charge in [-0.05, 0) is 51.7 Å². The minimum Gasteiger partial charge on any atom is -0.427 e. The van der Waals surface area contributed by atoms with E-state index in [0.717, 1.165) is 5.56 Å². The van der Waals surface area contributed by atoms with Crippen molar-refractivity contribution in [1.82, 2.24) is 4.98 Å². The molecular formula is C13H19BF2NO3. The number of aliphatic hydroxyl groups is 1. The molecule has 0 fully saturated rings. The molecule has 0 spiro atoms. The highest BCUT2D eigenvalue weighted by molar-refractivity contribution is 6.47. The molecule has 0 unspecified atom stereocenters. The molecule has 1 aromatic rings. The summed E-state index contributed by atoms with van der Waals surface area (Å²) in [6, 6.07) is 1.36. The van der Waals surface area contributed by atoms with Crippen LogP contribution in [-0.4, -0.2) is 35.4 Å². The molecule has 0 aliphatic rings. The molecule has 111 valence electrons. The van der Waals surface area contributed by atoms with Gasteiger partial charge in [-0.1, -0.05) is 0 Å². The van der Waals surface area contributed by atoms with E-state index >= 15 is 0 Å². The predicted molar refractivity (Wildman–Crippen MR) is 72.5 cm³/mol. The Labute approximate surface area is 118 Å². The summed E-state index contributed by atoms with van der Waals surface area (Å²) in [5.41, 5.74) is -0.592.